The van der Waals surface area contributed by atoms with Crippen LogP contribution in [0.25, 0.3) is 11.5 Å². The molecule has 1 saturated heterocycles. The second-order valence-corrected chi connectivity index (χ2v) is 8.06. The molecular weight excluding hydrogens is 350 g/mol. The lowest BCUT2D eigenvalue weighted by Crippen LogP contribution is -2.44. The van der Waals surface area contributed by atoms with Crippen LogP contribution in [0.4, 0.5) is 0 Å². The van der Waals surface area contributed by atoms with Gasteiger partial charge in [-0.25, -0.2) is 9.98 Å². The molecule has 2 fully saturated rings. The van der Waals surface area contributed by atoms with Crippen molar-refractivity contribution in [1.29, 1.82) is 0 Å². The van der Waals surface area contributed by atoms with Gasteiger partial charge in [0.2, 0.25) is 5.89 Å². The van der Waals surface area contributed by atoms with E-state index in [2.05, 4.69) is 53.4 Å². The highest BCUT2D eigenvalue weighted by Crippen LogP contribution is 2.33. The Hall–Kier alpha value is -2.34. The van der Waals surface area contributed by atoms with Gasteiger partial charge in [0.05, 0.1) is 6.54 Å². The number of aromatic nitrogens is 1. The molecule has 2 unspecified atom stereocenters. The maximum Gasteiger partial charge on any atom is 0.226 e. The number of guanidine groups is 1. The van der Waals surface area contributed by atoms with E-state index in [9.17, 15) is 0 Å². The van der Waals surface area contributed by atoms with E-state index in [0.717, 1.165) is 36.3 Å². The first-order valence-electron chi connectivity index (χ1n) is 10.4. The molecule has 1 aromatic carbocycles. The van der Waals surface area contributed by atoms with Crippen LogP contribution in [0.3, 0.4) is 0 Å². The molecule has 1 saturated carbocycles. The van der Waals surface area contributed by atoms with Crippen molar-refractivity contribution in [3.63, 3.8) is 0 Å². The van der Waals surface area contributed by atoms with Gasteiger partial charge in [-0.15, -0.1) is 0 Å². The molecule has 4 rings (SSSR count). The van der Waals surface area contributed by atoms with Crippen LogP contribution >= 0.6 is 0 Å². The number of aliphatic imine (C=N–C) groups is 1. The van der Waals surface area contributed by atoms with Crippen molar-refractivity contribution in [1.82, 2.24) is 20.5 Å². The largest absolute Gasteiger partial charge is 0.444 e. The van der Waals surface area contributed by atoms with Crippen LogP contribution in [-0.2, 0) is 6.54 Å². The molecule has 1 aliphatic carbocycles. The fourth-order valence-electron chi connectivity index (χ4n) is 3.96. The van der Waals surface area contributed by atoms with Crippen LogP contribution in [0.2, 0.25) is 0 Å². The SMILES string of the molecule is CCNC(=NCc1coc(-c2ccc(C)cc2)n1)NC1CC(C)N(C2CC2)C1. The highest BCUT2D eigenvalue weighted by molar-refractivity contribution is 5.80. The lowest BCUT2D eigenvalue weighted by Gasteiger charge is -2.20. The first-order valence-corrected chi connectivity index (χ1v) is 10.4. The third-order valence-corrected chi connectivity index (χ3v) is 5.57. The smallest absolute Gasteiger partial charge is 0.226 e. The van der Waals surface area contributed by atoms with E-state index in [1.54, 1.807) is 6.26 Å². The van der Waals surface area contributed by atoms with Crippen molar-refractivity contribution >= 4 is 5.96 Å². The average molecular weight is 382 g/mol. The van der Waals surface area contributed by atoms with Crippen LogP contribution in [0.5, 0.6) is 0 Å². The van der Waals surface area contributed by atoms with Crippen molar-refractivity contribution in [2.24, 2.45) is 4.99 Å². The zero-order valence-corrected chi connectivity index (χ0v) is 17.1. The van der Waals surface area contributed by atoms with Crippen molar-refractivity contribution in [2.45, 2.75) is 64.7 Å². The number of nitrogens with one attached hydrogen (secondary N) is 2. The number of rotatable bonds is 6. The molecule has 28 heavy (non-hydrogen) atoms. The number of aryl methyl sites for hydroxylation is 1. The second-order valence-electron chi connectivity index (χ2n) is 8.06. The molecule has 0 bridgehead atoms. The summed E-state index contributed by atoms with van der Waals surface area (Å²) < 4.78 is 5.65. The second kappa shape index (κ2) is 8.35. The highest BCUT2D eigenvalue weighted by atomic mass is 16.3. The predicted molar refractivity (Wildman–Crippen MR) is 112 cm³/mol. The summed E-state index contributed by atoms with van der Waals surface area (Å²) in [6.07, 6.45) is 5.60. The molecule has 6 heteroatoms. The molecule has 6 nitrogen and oxygen atoms in total. The van der Waals surface area contributed by atoms with Crippen LogP contribution < -0.4 is 10.6 Å². The van der Waals surface area contributed by atoms with E-state index in [1.807, 2.05) is 12.1 Å². The molecule has 2 atom stereocenters. The number of hydrogen-bond acceptors (Lipinski definition) is 4. The fourth-order valence-corrected chi connectivity index (χ4v) is 3.96. The topological polar surface area (TPSA) is 65.7 Å². The molecular formula is C22H31N5O. The zero-order valence-electron chi connectivity index (χ0n) is 17.1. The minimum atomic E-state index is 0.453. The summed E-state index contributed by atoms with van der Waals surface area (Å²) in [5.74, 6) is 1.50. The van der Waals surface area contributed by atoms with E-state index in [0.29, 0.717) is 24.5 Å². The van der Waals surface area contributed by atoms with Crippen LogP contribution in [0.1, 0.15) is 44.4 Å². The predicted octanol–water partition coefficient (Wildman–Crippen LogP) is 3.33. The first-order chi connectivity index (χ1) is 13.6. The number of hydrogen-bond donors (Lipinski definition) is 2. The van der Waals surface area contributed by atoms with Gasteiger partial charge < -0.3 is 15.1 Å². The lowest BCUT2D eigenvalue weighted by atomic mass is 10.1. The van der Waals surface area contributed by atoms with Gasteiger partial charge in [0.25, 0.3) is 0 Å². The maximum atomic E-state index is 5.65. The number of benzene rings is 1. The third-order valence-electron chi connectivity index (χ3n) is 5.57. The van der Waals surface area contributed by atoms with Gasteiger partial charge in [-0.05, 0) is 52.2 Å². The Labute approximate surface area is 167 Å². The summed E-state index contributed by atoms with van der Waals surface area (Å²) in [5, 5.41) is 6.97. The molecule has 1 aliphatic heterocycles. The van der Waals surface area contributed by atoms with Crippen molar-refractivity contribution < 1.29 is 4.42 Å². The minimum absolute atomic E-state index is 0.453. The van der Waals surface area contributed by atoms with Gasteiger partial charge >= 0.3 is 0 Å². The van der Waals surface area contributed by atoms with E-state index in [-0.39, 0.29) is 0 Å². The Morgan fingerprint density at radius 2 is 2.07 bits per heavy atom. The van der Waals surface area contributed by atoms with E-state index < -0.39 is 0 Å². The van der Waals surface area contributed by atoms with Gasteiger partial charge in [-0.1, -0.05) is 17.7 Å². The number of likely N-dealkylation sites (tertiary alicyclic amines) is 1. The fraction of sp³-hybridized carbons (Fsp3) is 0.545. The Bertz CT molecular complexity index is 809. The van der Waals surface area contributed by atoms with E-state index in [1.165, 1.54) is 24.8 Å². The molecule has 2 heterocycles. The van der Waals surface area contributed by atoms with Crippen LogP contribution in [0, 0.1) is 6.92 Å². The quantitative estimate of drug-likeness (QED) is 0.593. The summed E-state index contributed by atoms with van der Waals surface area (Å²) in [6, 6.07) is 10.1. The standard InChI is InChI=1S/C22H31N5O/c1-4-23-22(26-18-11-16(3)27(13-18)20-9-10-20)24-12-19-14-28-21(25-19)17-7-5-15(2)6-8-17/h5-8,14,16,18,20H,4,9-13H2,1-3H3,(H2,23,24,26). The molecule has 150 valence electrons. The zero-order chi connectivity index (χ0) is 19.5. The average Bonchev–Trinajstić information content (AvgIpc) is 3.30. The number of nitrogens with zero attached hydrogens (tertiary/aromatic N) is 3. The molecule has 1 aromatic heterocycles. The third kappa shape index (κ3) is 4.55. The summed E-state index contributed by atoms with van der Waals surface area (Å²) in [4.78, 5) is 12.0. The van der Waals surface area contributed by atoms with Crippen LogP contribution in [0.15, 0.2) is 39.9 Å². The molecule has 0 radical (unpaired) electrons. The summed E-state index contributed by atoms with van der Waals surface area (Å²) in [5.41, 5.74) is 3.06. The molecule has 2 aliphatic rings. The first kappa shape index (κ1) is 19.0. The van der Waals surface area contributed by atoms with Crippen molar-refractivity contribution in [3.05, 3.63) is 41.8 Å². The monoisotopic (exact) mass is 381 g/mol. The van der Waals surface area contributed by atoms with E-state index >= 15 is 0 Å². The van der Waals surface area contributed by atoms with Crippen molar-refractivity contribution in [3.8, 4) is 11.5 Å². The van der Waals surface area contributed by atoms with Gasteiger partial charge in [0.1, 0.15) is 12.0 Å². The van der Waals surface area contributed by atoms with Gasteiger partial charge in [0.15, 0.2) is 5.96 Å². The van der Waals surface area contributed by atoms with Gasteiger partial charge in [-0.2, -0.15) is 0 Å². The summed E-state index contributed by atoms with van der Waals surface area (Å²) >= 11 is 0. The Morgan fingerprint density at radius 3 is 2.79 bits per heavy atom. The van der Waals surface area contributed by atoms with E-state index in [4.69, 9.17) is 9.41 Å². The summed E-state index contributed by atoms with van der Waals surface area (Å²) in [6.45, 7) is 8.96. The lowest BCUT2D eigenvalue weighted by molar-refractivity contribution is 0.256. The Kier molecular flexibility index (Phi) is 5.67. The molecule has 0 spiro atoms. The molecule has 2 aromatic rings. The summed E-state index contributed by atoms with van der Waals surface area (Å²) in [7, 11) is 0. The van der Waals surface area contributed by atoms with Gasteiger partial charge in [0, 0.05) is 36.8 Å². The minimum Gasteiger partial charge on any atom is -0.444 e. The highest BCUT2D eigenvalue weighted by Gasteiger charge is 2.38. The normalized spacial score (nSPS) is 23.2. The van der Waals surface area contributed by atoms with Crippen molar-refractivity contribution in [2.75, 3.05) is 13.1 Å². The number of oxazole rings is 1. The molecule has 0 amide bonds. The van der Waals surface area contributed by atoms with Gasteiger partial charge in [-0.3, -0.25) is 4.90 Å². The maximum absolute atomic E-state index is 5.65. The Morgan fingerprint density at radius 1 is 1.29 bits per heavy atom. The van der Waals surface area contributed by atoms with Crippen LogP contribution in [-0.4, -0.2) is 47.1 Å². The molecule has 2 N–H and O–H groups in total. The Balaban J connectivity index is 1.37.